The first-order valence-corrected chi connectivity index (χ1v) is 20.4. The molecule has 0 radical (unpaired) electrons. The average molecular weight is 947 g/mol. The SMILES string of the molecule is CC(=O)OC[C@H]1O[C@H](O[C@H]2[C@H](OC(C)=O)[C@@H](OC(C)=O)[C@H](OCc3ccc(Cl)c(NC(=O)[C@@H](N)CC(=O)OC(C)(C)C)c3)O[C@@H]2COC(C)=O)[C@H](OC(C)=O)[C@@H](OC(C)=O)[C@@H]1OC(C)=O. The van der Waals surface area contributed by atoms with E-state index in [0.29, 0.717) is 5.56 Å². The average Bonchev–Trinajstić information content (AvgIpc) is 3.15. The highest BCUT2D eigenvalue weighted by Gasteiger charge is 2.57. The summed E-state index contributed by atoms with van der Waals surface area (Å²) in [5.74, 6) is -7.71. The molecular weight excluding hydrogens is 892 g/mol. The van der Waals surface area contributed by atoms with Crippen LogP contribution in [-0.4, -0.2) is 140 Å². The Morgan fingerprint density at radius 3 is 1.58 bits per heavy atom. The third kappa shape index (κ3) is 17.5. The molecule has 11 atom stereocenters. The number of carbonyl (C=O) groups excluding carboxylic acids is 9. The van der Waals surface area contributed by atoms with Gasteiger partial charge in [0.25, 0.3) is 0 Å². The minimum Gasteiger partial charge on any atom is -0.463 e. The van der Waals surface area contributed by atoms with E-state index >= 15 is 0 Å². The lowest BCUT2D eigenvalue weighted by molar-refractivity contribution is -0.362. The van der Waals surface area contributed by atoms with E-state index in [4.69, 9.17) is 74.2 Å². The second-order valence-corrected chi connectivity index (χ2v) is 16.1. The first-order chi connectivity index (χ1) is 30.2. The van der Waals surface area contributed by atoms with Crippen molar-refractivity contribution in [1.82, 2.24) is 0 Å². The van der Waals surface area contributed by atoms with Crippen molar-refractivity contribution in [1.29, 1.82) is 0 Å². The molecule has 0 unspecified atom stereocenters. The van der Waals surface area contributed by atoms with E-state index < -0.39 is 146 Å². The van der Waals surface area contributed by atoms with Crippen molar-refractivity contribution >= 4 is 70.9 Å². The molecule has 2 aliphatic heterocycles. The van der Waals surface area contributed by atoms with Gasteiger partial charge in [0.1, 0.15) is 37.1 Å². The van der Waals surface area contributed by atoms with Crippen molar-refractivity contribution in [2.24, 2.45) is 5.73 Å². The van der Waals surface area contributed by atoms with Crippen LogP contribution in [0.2, 0.25) is 5.02 Å². The van der Waals surface area contributed by atoms with E-state index in [1.165, 1.54) is 18.2 Å². The topological polar surface area (TPSA) is 302 Å². The molecule has 3 N–H and O–H groups in total. The number of benzene rings is 1. The summed E-state index contributed by atoms with van der Waals surface area (Å²) in [5.41, 5.74) is 5.57. The molecule has 1 aromatic rings. The highest BCUT2D eigenvalue weighted by molar-refractivity contribution is 6.33. The molecule has 0 bridgehead atoms. The lowest BCUT2D eigenvalue weighted by atomic mass is 9.96. The fraction of sp³-hybridized carbons (Fsp3) is 0.634. The summed E-state index contributed by atoms with van der Waals surface area (Å²) in [5, 5.41) is 2.63. The molecule has 1 amide bonds. The minimum absolute atomic E-state index is 0.0716. The quantitative estimate of drug-likeness (QED) is 0.155. The molecule has 3 rings (SSSR count). The third-order valence-corrected chi connectivity index (χ3v) is 9.06. The van der Waals surface area contributed by atoms with E-state index in [0.717, 1.165) is 48.5 Å². The van der Waals surface area contributed by atoms with Gasteiger partial charge in [-0.2, -0.15) is 0 Å². The number of ether oxygens (including phenoxy) is 12. The first kappa shape index (κ1) is 53.9. The molecule has 2 heterocycles. The number of rotatable bonds is 18. The number of hydrogen-bond acceptors (Lipinski definition) is 22. The molecule has 2 saturated heterocycles. The summed E-state index contributed by atoms with van der Waals surface area (Å²) in [6.45, 7) is 10.6. The predicted octanol–water partition coefficient (Wildman–Crippen LogP) is 1.47. The van der Waals surface area contributed by atoms with Gasteiger partial charge in [-0.25, -0.2) is 0 Å². The highest BCUT2D eigenvalue weighted by atomic mass is 35.5. The first-order valence-electron chi connectivity index (χ1n) is 20.0. The zero-order valence-electron chi connectivity index (χ0n) is 37.4. The number of nitrogens with two attached hydrogens (primary N) is 1. The normalized spacial score (nSPS) is 25.7. The minimum atomic E-state index is -1.88. The van der Waals surface area contributed by atoms with Crippen molar-refractivity contribution in [2.45, 2.75) is 155 Å². The summed E-state index contributed by atoms with van der Waals surface area (Å²) in [7, 11) is 0. The van der Waals surface area contributed by atoms with Crippen molar-refractivity contribution in [3.63, 3.8) is 0 Å². The van der Waals surface area contributed by atoms with Gasteiger partial charge in [0.15, 0.2) is 43.1 Å². The molecule has 0 spiro atoms. The fourth-order valence-corrected chi connectivity index (χ4v) is 6.59. The number of amides is 1. The maximum absolute atomic E-state index is 13.0. The number of carbonyl (C=O) groups is 9. The lowest BCUT2D eigenvalue weighted by Crippen LogP contribution is -2.67. The van der Waals surface area contributed by atoms with E-state index in [1.54, 1.807) is 20.8 Å². The van der Waals surface area contributed by atoms with Gasteiger partial charge in [0.2, 0.25) is 5.91 Å². The fourth-order valence-electron chi connectivity index (χ4n) is 6.42. The second-order valence-electron chi connectivity index (χ2n) is 15.7. The van der Waals surface area contributed by atoms with Crippen LogP contribution in [-0.2, 0) is 107 Å². The maximum atomic E-state index is 13.0. The molecule has 2 aliphatic rings. The van der Waals surface area contributed by atoms with Crippen LogP contribution >= 0.6 is 11.6 Å². The van der Waals surface area contributed by atoms with Gasteiger partial charge < -0.3 is 67.9 Å². The number of esters is 8. The summed E-state index contributed by atoms with van der Waals surface area (Å²) in [4.78, 5) is 112. The Morgan fingerprint density at radius 2 is 1.09 bits per heavy atom. The summed E-state index contributed by atoms with van der Waals surface area (Å²) < 4.78 is 68.1. The Bertz CT molecular complexity index is 1920. The summed E-state index contributed by atoms with van der Waals surface area (Å²) in [6.07, 6.45) is -17.0. The van der Waals surface area contributed by atoms with Gasteiger partial charge in [-0.3, -0.25) is 43.2 Å². The van der Waals surface area contributed by atoms with E-state index in [1.807, 2.05) is 0 Å². The van der Waals surface area contributed by atoms with E-state index in [9.17, 15) is 43.2 Å². The van der Waals surface area contributed by atoms with Crippen molar-refractivity contribution in [2.75, 3.05) is 18.5 Å². The van der Waals surface area contributed by atoms with Crippen molar-refractivity contribution in [3.05, 3.63) is 28.8 Å². The van der Waals surface area contributed by atoms with Gasteiger partial charge in [0.05, 0.1) is 29.8 Å². The zero-order valence-corrected chi connectivity index (χ0v) is 38.2. The Kier molecular flexibility index (Phi) is 20.0. The Balaban J connectivity index is 2.06. The van der Waals surface area contributed by atoms with Crippen molar-refractivity contribution < 1.29 is 100.0 Å². The van der Waals surface area contributed by atoms with Crippen LogP contribution in [0.3, 0.4) is 0 Å². The van der Waals surface area contributed by atoms with Crippen LogP contribution in [0, 0.1) is 0 Å². The molecule has 2 fully saturated rings. The smallest absolute Gasteiger partial charge is 0.308 e. The number of halogens is 1. The van der Waals surface area contributed by atoms with Crippen LogP contribution in [0.15, 0.2) is 18.2 Å². The number of nitrogens with one attached hydrogen (secondary N) is 1. The summed E-state index contributed by atoms with van der Waals surface area (Å²) in [6, 6.07) is 3.04. The largest absolute Gasteiger partial charge is 0.463 e. The van der Waals surface area contributed by atoms with Crippen LogP contribution in [0.4, 0.5) is 5.69 Å². The van der Waals surface area contributed by atoms with Gasteiger partial charge >= 0.3 is 47.8 Å². The molecule has 0 saturated carbocycles. The van der Waals surface area contributed by atoms with E-state index in [2.05, 4.69) is 5.32 Å². The van der Waals surface area contributed by atoms with Gasteiger partial charge in [-0.05, 0) is 38.5 Å². The zero-order chi connectivity index (χ0) is 48.9. The molecule has 1 aromatic carbocycles. The number of hydrogen-bond donors (Lipinski definition) is 2. The van der Waals surface area contributed by atoms with Gasteiger partial charge in [0, 0.05) is 48.5 Å². The molecule has 65 heavy (non-hydrogen) atoms. The molecule has 0 aromatic heterocycles. The Morgan fingerprint density at radius 1 is 0.646 bits per heavy atom. The van der Waals surface area contributed by atoms with Crippen LogP contribution in [0.1, 0.15) is 81.2 Å². The monoisotopic (exact) mass is 946 g/mol. The molecule has 24 heteroatoms. The highest BCUT2D eigenvalue weighted by Crippen LogP contribution is 2.36. The number of anilines is 1. The standard InChI is InChI=1S/C41H55ClN2O21/c1-18(45)54-16-29-32(57-20(3)47)34(58-21(4)48)37(61-24(7)51)40(63-29)64-33-30(17-55-19(2)46)62-39(36(60-23(6)50)35(33)59-22(5)49)56-15-25-11-12-26(42)28(13-25)44-38(53)27(43)14-31(52)65-41(8,9)10/h11-13,27,29-30,32-37,39-40H,14-17,43H2,1-10H3,(H,44,53)/t27-,29+,30+,32+,33+,34-,35-,36+,37+,39+,40+/m0/s1. The van der Waals surface area contributed by atoms with Gasteiger partial charge in [-0.15, -0.1) is 0 Å². The van der Waals surface area contributed by atoms with Crippen molar-refractivity contribution in [3.8, 4) is 0 Å². The van der Waals surface area contributed by atoms with Crippen LogP contribution in [0.25, 0.3) is 0 Å². The molecule has 0 aliphatic carbocycles. The third-order valence-electron chi connectivity index (χ3n) is 8.73. The summed E-state index contributed by atoms with van der Waals surface area (Å²) >= 11 is 6.37. The maximum Gasteiger partial charge on any atom is 0.308 e. The Labute approximate surface area is 378 Å². The van der Waals surface area contributed by atoms with E-state index in [-0.39, 0.29) is 17.3 Å². The van der Waals surface area contributed by atoms with Gasteiger partial charge in [-0.1, -0.05) is 17.7 Å². The molecule has 23 nitrogen and oxygen atoms in total. The predicted molar refractivity (Wildman–Crippen MR) is 217 cm³/mol. The lowest BCUT2D eigenvalue weighted by Gasteiger charge is -2.48. The second kappa shape index (κ2) is 24.2. The van der Waals surface area contributed by atoms with Crippen LogP contribution < -0.4 is 11.1 Å². The molecule has 362 valence electrons. The van der Waals surface area contributed by atoms with Crippen LogP contribution in [0.5, 0.6) is 0 Å². The molecular formula is C41H55ClN2O21. The Hall–Kier alpha value is -5.46.